The largest absolute Gasteiger partial charge is 0.478 e. The number of anilines is 2. The Kier molecular flexibility index (Phi) is 5.57. The van der Waals surface area contributed by atoms with Crippen molar-refractivity contribution < 1.29 is 14.6 Å². The van der Waals surface area contributed by atoms with E-state index in [2.05, 4.69) is 4.98 Å². The van der Waals surface area contributed by atoms with Crippen molar-refractivity contribution in [1.82, 2.24) is 4.98 Å². The van der Waals surface area contributed by atoms with Crippen molar-refractivity contribution in [3.63, 3.8) is 0 Å². The van der Waals surface area contributed by atoms with Crippen LogP contribution in [0.2, 0.25) is 0 Å². The lowest BCUT2D eigenvalue weighted by molar-refractivity contribution is 0.0697. The molecule has 7 nitrogen and oxygen atoms in total. The van der Waals surface area contributed by atoms with Gasteiger partial charge in [0.15, 0.2) is 0 Å². The number of rotatable bonds is 7. The van der Waals surface area contributed by atoms with Crippen LogP contribution < -0.4 is 10.6 Å². The van der Waals surface area contributed by atoms with Crippen molar-refractivity contribution in [2.75, 3.05) is 37.4 Å². The number of nitriles is 1. The van der Waals surface area contributed by atoms with Gasteiger partial charge >= 0.3 is 5.97 Å². The van der Waals surface area contributed by atoms with Gasteiger partial charge in [-0.1, -0.05) is 0 Å². The summed E-state index contributed by atoms with van der Waals surface area (Å²) >= 11 is 0. The third-order valence-electron chi connectivity index (χ3n) is 2.53. The van der Waals surface area contributed by atoms with Crippen LogP contribution in [0.5, 0.6) is 0 Å². The summed E-state index contributed by atoms with van der Waals surface area (Å²) in [7, 11) is 1.56. The molecular formula is C12H16N4O3. The van der Waals surface area contributed by atoms with E-state index in [1.807, 2.05) is 6.07 Å². The normalized spacial score (nSPS) is 9.89. The van der Waals surface area contributed by atoms with Crippen LogP contribution in [0.15, 0.2) is 12.3 Å². The Morgan fingerprint density at radius 1 is 1.63 bits per heavy atom. The maximum absolute atomic E-state index is 11.2. The highest BCUT2D eigenvalue weighted by Crippen LogP contribution is 2.21. The number of hydrogen-bond donors (Lipinski definition) is 2. The summed E-state index contributed by atoms with van der Waals surface area (Å²) in [4.78, 5) is 16.9. The monoisotopic (exact) mass is 264 g/mol. The van der Waals surface area contributed by atoms with Crippen molar-refractivity contribution in [1.29, 1.82) is 5.26 Å². The highest BCUT2D eigenvalue weighted by Gasteiger charge is 2.17. The molecule has 0 spiro atoms. The Balaban J connectivity index is 3.06. The van der Waals surface area contributed by atoms with Gasteiger partial charge in [0.25, 0.3) is 0 Å². The molecule has 0 amide bonds. The Morgan fingerprint density at radius 2 is 2.37 bits per heavy atom. The number of nitrogen functional groups attached to an aromatic ring is 1. The minimum absolute atomic E-state index is 0.0709. The smallest absolute Gasteiger partial charge is 0.338 e. The number of aromatic carboxylic acids is 1. The number of nitrogens with two attached hydrogens (primary N) is 1. The number of hydrogen-bond acceptors (Lipinski definition) is 6. The molecular weight excluding hydrogens is 248 g/mol. The van der Waals surface area contributed by atoms with Gasteiger partial charge in [0.1, 0.15) is 5.82 Å². The van der Waals surface area contributed by atoms with Gasteiger partial charge in [0.05, 0.1) is 36.5 Å². The number of aromatic nitrogens is 1. The SMILES string of the molecule is COCCN(CCC#N)c1cnc(N)cc1C(=O)O. The summed E-state index contributed by atoms with van der Waals surface area (Å²) in [6.07, 6.45) is 1.69. The standard InChI is InChI=1S/C12H16N4O3/c1-19-6-5-16(4-2-3-13)10-8-15-11(14)7-9(10)12(17)18/h7-8H,2,4-6H2,1H3,(H2,14,15)(H,17,18). The molecule has 0 aliphatic rings. The topological polar surface area (TPSA) is 112 Å². The molecule has 0 bridgehead atoms. The molecule has 7 heteroatoms. The van der Waals surface area contributed by atoms with E-state index in [0.29, 0.717) is 25.4 Å². The molecule has 102 valence electrons. The van der Waals surface area contributed by atoms with Gasteiger partial charge in [0, 0.05) is 20.2 Å². The first kappa shape index (κ1) is 14.7. The van der Waals surface area contributed by atoms with Crippen LogP contribution in [0.3, 0.4) is 0 Å². The van der Waals surface area contributed by atoms with Crippen molar-refractivity contribution >= 4 is 17.5 Å². The predicted octanol–water partition coefficient (Wildman–Crippen LogP) is 0.728. The molecule has 0 aromatic carbocycles. The summed E-state index contributed by atoms with van der Waals surface area (Å²) in [6.45, 7) is 1.31. The first-order valence-electron chi connectivity index (χ1n) is 5.69. The lowest BCUT2D eigenvalue weighted by Gasteiger charge is -2.24. The van der Waals surface area contributed by atoms with Crippen LogP contribution in [-0.2, 0) is 4.74 Å². The fourth-order valence-electron chi connectivity index (χ4n) is 1.63. The van der Waals surface area contributed by atoms with Crippen LogP contribution in [0, 0.1) is 11.3 Å². The zero-order valence-corrected chi connectivity index (χ0v) is 10.7. The summed E-state index contributed by atoms with van der Waals surface area (Å²) in [6, 6.07) is 3.34. The Hall–Kier alpha value is -2.33. The number of carboxylic acid groups (broad SMARTS) is 1. The van der Waals surface area contributed by atoms with E-state index in [-0.39, 0.29) is 17.8 Å². The van der Waals surface area contributed by atoms with Crippen LogP contribution in [0.1, 0.15) is 16.8 Å². The van der Waals surface area contributed by atoms with Crippen molar-refractivity contribution in [2.45, 2.75) is 6.42 Å². The average Bonchev–Trinajstić information content (AvgIpc) is 2.39. The highest BCUT2D eigenvalue weighted by molar-refractivity contribution is 5.95. The zero-order valence-electron chi connectivity index (χ0n) is 10.7. The molecule has 0 aliphatic heterocycles. The van der Waals surface area contributed by atoms with E-state index >= 15 is 0 Å². The number of ether oxygens (including phenoxy) is 1. The maximum Gasteiger partial charge on any atom is 0.338 e. The van der Waals surface area contributed by atoms with E-state index in [0.717, 1.165) is 0 Å². The summed E-state index contributed by atoms with van der Waals surface area (Å²) < 4.78 is 4.98. The van der Waals surface area contributed by atoms with Gasteiger partial charge in [0.2, 0.25) is 0 Å². The van der Waals surface area contributed by atoms with E-state index in [4.69, 9.17) is 15.7 Å². The molecule has 0 radical (unpaired) electrons. The summed E-state index contributed by atoms with van der Waals surface area (Å²) in [5.41, 5.74) is 6.01. The Morgan fingerprint density at radius 3 is 2.95 bits per heavy atom. The highest BCUT2D eigenvalue weighted by atomic mass is 16.5. The Labute approximate surface area is 111 Å². The molecule has 0 saturated heterocycles. The third-order valence-corrected chi connectivity index (χ3v) is 2.53. The molecule has 1 aromatic rings. The first-order valence-corrected chi connectivity index (χ1v) is 5.69. The quantitative estimate of drug-likeness (QED) is 0.746. The third kappa shape index (κ3) is 4.12. The van der Waals surface area contributed by atoms with E-state index in [9.17, 15) is 9.90 Å². The van der Waals surface area contributed by atoms with Crippen LogP contribution in [-0.4, -0.2) is 42.9 Å². The number of nitrogens with zero attached hydrogens (tertiary/aromatic N) is 3. The zero-order chi connectivity index (χ0) is 14.3. The second-order valence-corrected chi connectivity index (χ2v) is 3.82. The van der Waals surface area contributed by atoms with Gasteiger partial charge in [-0.25, -0.2) is 9.78 Å². The molecule has 0 atom stereocenters. The molecule has 0 saturated carbocycles. The molecule has 0 aliphatic carbocycles. The number of pyridine rings is 1. The van der Waals surface area contributed by atoms with Crippen LogP contribution in [0.4, 0.5) is 11.5 Å². The second-order valence-electron chi connectivity index (χ2n) is 3.82. The van der Waals surface area contributed by atoms with E-state index < -0.39 is 5.97 Å². The van der Waals surface area contributed by atoms with Crippen LogP contribution >= 0.6 is 0 Å². The van der Waals surface area contributed by atoms with Gasteiger partial charge < -0.3 is 20.5 Å². The fraction of sp³-hybridized carbons (Fsp3) is 0.417. The minimum atomic E-state index is -1.08. The molecule has 1 rings (SSSR count). The molecule has 1 aromatic heterocycles. The molecule has 0 fully saturated rings. The van der Waals surface area contributed by atoms with Gasteiger partial charge in [-0.2, -0.15) is 5.26 Å². The molecule has 3 N–H and O–H groups in total. The predicted molar refractivity (Wildman–Crippen MR) is 69.9 cm³/mol. The summed E-state index contributed by atoms with van der Waals surface area (Å²) in [5.74, 6) is -0.934. The van der Waals surface area contributed by atoms with Gasteiger partial charge in [-0.15, -0.1) is 0 Å². The molecule has 19 heavy (non-hydrogen) atoms. The van der Waals surface area contributed by atoms with Crippen LogP contribution in [0.25, 0.3) is 0 Å². The van der Waals surface area contributed by atoms with E-state index in [1.165, 1.54) is 12.3 Å². The first-order chi connectivity index (χ1) is 9.10. The minimum Gasteiger partial charge on any atom is -0.478 e. The molecule has 1 heterocycles. The van der Waals surface area contributed by atoms with Crippen molar-refractivity contribution in [3.05, 3.63) is 17.8 Å². The van der Waals surface area contributed by atoms with Gasteiger partial charge in [-0.3, -0.25) is 0 Å². The lowest BCUT2D eigenvalue weighted by atomic mass is 10.2. The average molecular weight is 264 g/mol. The van der Waals surface area contributed by atoms with Crippen molar-refractivity contribution in [2.24, 2.45) is 0 Å². The summed E-state index contributed by atoms with van der Waals surface area (Å²) in [5, 5.41) is 17.8. The van der Waals surface area contributed by atoms with Gasteiger partial charge in [-0.05, 0) is 6.07 Å². The lowest BCUT2D eigenvalue weighted by Crippen LogP contribution is -2.30. The van der Waals surface area contributed by atoms with Crippen molar-refractivity contribution in [3.8, 4) is 6.07 Å². The number of carboxylic acids is 1. The number of carbonyl (C=O) groups is 1. The van der Waals surface area contributed by atoms with E-state index in [1.54, 1.807) is 12.0 Å². The molecule has 0 unspecified atom stereocenters. The maximum atomic E-state index is 11.2. The number of methoxy groups -OCH3 is 1. The fourth-order valence-corrected chi connectivity index (χ4v) is 1.63. The Bertz CT molecular complexity index is 484. The second kappa shape index (κ2) is 7.18.